The number of hydrogen-bond donors (Lipinski definition) is 2. The van der Waals surface area contributed by atoms with E-state index in [1.807, 2.05) is 0 Å². The van der Waals surface area contributed by atoms with Crippen molar-refractivity contribution in [2.75, 3.05) is 0 Å². The summed E-state index contributed by atoms with van der Waals surface area (Å²) in [5, 5.41) is 0. The molecule has 0 saturated heterocycles. The van der Waals surface area contributed by atoms with E-state index in [0.29, 0.717) is 12.1 Å². The summed E-state index contributed by atoms with van der Waals surface area (Å²) < 4.78 is 0. The third kappa shape index (κ3) is 10.4. The van der Waals surface area contributed by atoms with Gasteiger partial charge in [0.25, 0.3) is 0 Å². The highest BCUT2D eigenvalue weighted by Crippen LogP contribution is 2.11. The molecule has 0 aromatic carbocycles. The number of nitrogens with two attached hydrogens (primary N) is 2. The minimum Gasteiger partial charge on any atom is -0.328 e. The van der Waals surface area contributed by atoms with Gasteiger partial charge in [0.2, 0.25) is 0 Å². The Labute approximate surface area is 102 Å². The van der Waals surface area contributed by atoms with E-state index >= 15 is 0 Å². The van der Waals surface area contributed by atoms with E-state index in [9.17, 15) is 0 Å². The van der Waals surface area contributed by atoms with Gasteiger partial charge >= 0.3 is 0 Å². The second kappa shape index (κ2) is 11.4. The average Bonchev–Trinajstić information content (AvgIpc) is 2.27. The fourth-order valence-corrected chi connectivity index (χ4v) is 2.06. The van der Waals surface area contributed by atoms with Gasteiger partial charge in [-0.2, -0.15) is 0 Å². The van der Waals surface area contributed by atoms with Crippen LogP contribution in [0.3, 0.4) is 0 Å². The molecule has 0 bridgehead atoms. The van der Waals surface area contributed by atoms with Gasteiger partial charge in [-0.15, -0.1) is 0 Å². The molecular formula is C14H32N2. The smallest absolute Gasteiger partial charge is 0.00387 e. The topological polar surface area (TPSA) is 52.0 Å². The zero-order chi connectivity index (χ0) is 12.2. The number of rotatable bonds is 11. The van der Waals surface area contributed by atoms with Gasteiger partial charge in [0.05, 0.1) is 0 Å². The molecule has 2 atom stereocenters. The lowest BCUT2D eigenvalue weighted by Gasteiger charge is -2.10. The van der Waals surface area contributed by atoms with Crippen molar-refractivity contribution in [2.24, 2.45) is 11.5 Å². The van der Waals surface area contributed by atoms with Crippen LogP contribution < -0.4 is 11.5 Å². The molecule has 0 aliphatic heterocycles. The fraction of sp³-hybridized carbons (Fsp3) is 1.00. The van der Waals surface area contributed by atoms with Gasteiger partial charge in [0.1, 0.15) is 0 Å². The maximum absolute atomic E-state index is 5.97. The highest BCUT2D eigenvalue weighted by Gasteiger charge is 2.01. The molecule has 98 valence electrons. The van der Waals surface area contributed by atoms with Crippen LogP contribution >= 0.6 is 0 Å². The lowest BCUT2D eigenvalue weighted by atomic mass is 10.0. The second-order valence-corrected chi connectivity index (χ2v) is 5.06. The first-order valence-electron chi connectivity index (χ1n) is 7.21. The molecule has 0 heterocycles. The molecule has 0 fully saturated rings. The van der Waals surface area contributed by atoms with Gasteiger partial charge < -0.3 is 11.5 Å². The summed E-state index contributed by atoms with van der Waals surface area (Å²) in [4.78, 5) is 0. The maximum Gasteiger partial charge on any atom is 0.00387 e. The normalized spacial score (nSPS) is 15.0. The van der Waals surface area contributed by atoms with Gasteiger partial charge in [0, 0.05) is 12.1 Å². The third-order valence-electron chi connectivity index (χ3n) is 3.33. The Morgan fingerprint density at radius 2 is 1.19 bits per heavy atom. The standard InChI is InChI=1S/C14H32N2/c1-3-10-14(16)12-9-7-5-6-8-11-13(15)4-2/h13-14H,3-12,15-16H2,1-2H3. The van der Waals surface area contributed by atoms with E-state index in [2.05, 4.69) is 13.8 Å². The molecule has 0 aromatic rings. The second-order valence-electron chi connectivity index (χ2n) is 5.06. The van der Waals surface area contributed by atoms with Gasteiger partial charge in [-0.1, -0.05) is 52.4 Å². The largest absolute Gasteiger partial charge is 0.328 e. The van der Waals surface area contributed by atoms with Crippen LogP contribution in [0.1, 0.15) is 78.1 Å². The van der Waals surface area contributed by atoms with Crippen LogP contribution in [0.15, 0.2) is 0 Å². The first-order chi connectivity index (χ1) is 7.70. The zero-order valence-electron chi connectivity index (χ0n) is 11.4. The van der Waals surface area contributed by atoms with Crippen molar-refractivity contribution >= 4 is 0 Å². The molecule has 0 aliphatic carbocycles. The molecule has 0 aromatic heterocycles. The molecular weight excluding hydrogens is 196 g/mol. The summed E-state index contributed by atoms with van der Waals surface area (Å²) in [5.41, 5.74) is 11.8. The molecule has 2 heteroatoms. The highest BCUT2D eigenvalue weighted by atomic mass is 14.6. The molecule has 0 radical (unpaired) electrons. The summed E-state index contributed by atoms with van der Waals surface area (Å²) in [6.07, 6.45) is 12.6. The lowest BCUT2D eigenvalue weighted by molar-refractivity contribution is 0.494. The fourth-order valence-electron chi connectivity index (χ4n) is 2.06. The highest BCUT2D eigenvalue weighted by molar-refractivity contribution is 4.61. The summed E-state index contributed by atoms with van der Waals surface area (Å²) in [7, 11) is 0. The molecule has 0 amide bonds. The van der Waals surface area contributed by atoms with Crippen LogP contribution in [0.5, 0.6) is 0 Å². The van der Waals surface area contributed by atoms with Crippen molar-refractivity contribution in [3.05, 3.63) is 0 Å². The van der Waals surface area contributed by atoms with Gasteiger partial charge in [-0.3, -0.25) is 0 Å². The van der Waals surface area contributed by atoms with Crippen LogP contribution in [0, 0.1) is 0 Å². The average molecular weight is 228 g/mol. The predicted molar refractivity (Wildman–Crippen MR) is 73.5 cm³/mol. The Hall–Kier alpha value is -0.0800. The maximum atomic E-state index is 5.97. The SMILES string of the molecule is CCCC(N)CCCCCCCC(N)CC. The van der Waals surface area contributed by atoms with Crippen molar-refractivity contribution in [1.82, 2.24) is 0 Å². The Kier molecular flexibility index (Phi) is 11.3. The number of unbranched alkanes of at least 4 members (excludes halogenated alkanes) is 4. The van der Waals surface area contributed by atoms with Crippen LogP contribution in [0.25, 0.3) is 0 Å². The summed E-state index contributed by atoms with van der Waals surface area (Å²) >= 11 is 0. The van der Waals surface area contributed by atoms with E-state index in [4.69, 9.17) is 11.5 Å². The Bertz CT molecular complexity index is 137. The predicted octanol–water partition coefficient (Wildman–Crippen LogP) is 3.58. The minimum absolute atomic E-state index is 0.429. The van der Waals surface area contributed by atoms with Crippen LogP contribution in [-0.4, -0.2) is 12.1 Å². The van der Waals surface area contributed by atoms with Crippen molar-refractivity contribution in [3.8, 4) is 0 Å². The van der Waals surface area contributed by atoms with Crippen LogP contribution in [-0.2, 0) is 0 Å². The van der Waals surface area contributed by atoms with E-state index in [-0.39, 0.29) is 0 Å². The van der Waals surface area contributed by atoms with E-state index < -0.39 is 0 Å². The van der Waals surface area contributed by atoms with Crippen LogP contribution in [0.2, 0.25) is 0 Å². The Balaban J connectivity index is 3.09. The molecule has 0 aliphatic rings. The monoisotopic (exact) mass is 228 g/mol. The molecule has 16 heavy (non-hydrogen) atoms. The van der Waals surface area contributed by atoms with Gasteiger partial charge in [-0.05, 0) is 25.7 Å². The van der Waals surface area contributed by atoms with E-state index in [1.165, 1.54) is 57.8 Å². The van der Waals surface area contributed by atoms with Crippen molar-refractivity contribution < 1.29 is 0 Å². The van der Waals surface area contributed by atoms with Gasteiger partial charge in [0.15, 0.2) is 0 Å². The summed E-state index contributed by atoms with van der Waals surface area (Å²) in [6, 6.07) is 0.872. The minimum atomic E-state index is 0.429. The Morgan fingerprint density at radius 1 is 0.688 bits per heavy atom. The summed E-state index contributed by atoms with van der Waals surface area (Å²) in [6.45, 7) is 4.37. The first-order valence-corrected chi connectivity index (χ1v) is 7.21. The van der Waals surface area contributed by atoms with Crippen molar-refractivity contribution in [3.63, 3.8) is 0 Å². The molecule has 2 unspecified atom stereocenters. The van der Waals surface area contributed by atoms with E-state index in [1.54, 1.807) is 0 Å². The molecule has 0 spiro atoms. The van der Waals surface area contributed by atoms with E-state index in [0.717, 1.165) is 6.42 Å². The first kappa shape index (κ1) is 15.9. The summed E-state index contributed by atoms with van der Waals surface area (Å²) in [5.74, 6) is 0. The van der Waals surface area contributed by atoms with Crippen LogP contribution in [0.4, 0.5) is 0 Å². The quantitative estimate of drug-likeness (QED) is 0.531. The Morgan fingerprint density at radius 3 is 1.69 bits per heavy atom. The molecule has 0 saturated carbocycles. The van der Waals surface area contributed by atoms with Gasteiger partial charge in [-0.25, -0.2) is 0 Å². The zero-order valence-corrected chi connectivity index (χ0v) is 11.4. The van der Waals surface area contributed by atoms with Crippen molar-refractivity contribution in [1.29, 1.82) is 0 Å². The number of hydrogen-bond acceptors (Lipinski definition) is 2. The lowest BCUT2D eigenvalue weighted by Crippen LogP contribution is -2.19. The molecule has 0 rings (SSSR count). The van der Waals surface area contributed by atoms with Crippen molar-refractivity contribution in [2.45, 2.75) is 90.1 Å². The third-order valence-corrected chi connectivity index (χ3v) is 3.33. The molecule has 4 N–H and O–H groups in total. The molecule has 2 nitrogen and oxygen atoms in total.